The number of rotatable bonds is 4. The maximum Gasteiger partial charge on any atom is 0.340 e. The summed E-state index contributed by atoms with van der Waals surface area (Å²) in [5, 5.41) is 17.8. The predicted octanol–water partition coefficient (Wildman–Crippen LogP) is 2.59. The molecule has 3 aromatic rings. The molecule has 144 valence electrons. The highest BCUT2D eigenvalue weighted by molar-refractivity contribution is 5.71. The van der Waals surface area contributed by atoms with E-state index >= 15 is 0 Å². The molecule has 2 N–H and O–H groups in total. The lowest BCUT2D eigenvalue weighted by Gasteiger charge is -2.32. The van der Waals surface area contributed by atoms with Crippen LogP contribution in [0.25, 0.3) is 11.3 Å². The molecule has 1 aliphatic rings. The van der Waals surface area contributed by atoms with E-state index in [1.807, 2.05) is 4.90 Å². The van der Waals surface area contributed by atoms with Crippen LogP contribution in [-0.2, 0) is 0 Å². The average Bonchev–Trinajstić information content (AvgIpc) is 3.14. The van der Waals surface area contributed by atoms with Gasteiger partial charge in [0.2, 0.25) is 0 Å². The number of benzene rings is 1. The highest BCUT2D eigenvalue weighted by Gasteiger charge is 2.25. The van der Waals surface area contributed by atoms with Crippen LogP contribution in [0.15, 0.2) is 41.2 Å². The number of nitrogens with one attached hydrogen (secondary N) is 2. The van der Waals surface area contributed by atoms with Gasteiger partial charge in [0.15, 0.2) is 5.69 Å². The van der Waals surface area contributed by atoms with Gasteiger partial charge in [-0.05, 0) is 43.2 Å². The van der Waals surface area contributed by atoms with Gasteiger partial charge < -0.3 is 4.90 Å². The highest BCUT2D eigenvalue weighted by Crippen LogP contribution is 2.33. The number of hydrogen-bond acceptors (Lipinski definition) is 6. The molecule has 28 heavy (non-hydrogen) atoms. The van der Waals surface area contributed by atoms with Gasteiger partial charge in [0.05, 0.1) is 4.92 Å². The number of nitro groups is 1. The van der Waals surface area contributed by atoms with Gasteiger partial charge in [-0.1, -0.05) is 0 Å². The van der Waals surface area contributed by atoms with E-state index in [2.05, 4.69) is 20.2 Å². The molecule has 1 aromatic carbocycles. The van der Waals surface area contributed by atoms with E-state index in [1.54, 1.807) is 6.07 Å². The molecule has 9 nitrogen and oxygen atoms in total. The van der Waals surface area contributed by atoms with Gasteiger partial charge in [-0.15, -0.1) is 0 Å². The summed E-state index contributed by atoms with van der Waals surface area (Å²) in [6.45, 7) is 1.35. The molecule has 10 heteroatoms. The highest BCUT2D eigenvalue weighted by atomic mass is 19.1. The molecule has 2 aromatic heterocycles. The van der Waals surface area contributed by atoms with E-state index in [-0.39, 0.29) is 23.0 Å². The third kappa shape index (κ3) is 3.48. The smallest absolute Gasteiger partial charge is 0.340 e. The average molecular weight is 384 g/mol. The zero-order valence-corrected chi connectivity index (χ0v) is 14.8. The second-order valence-electron chi connectivity index (χ2n) is 6.63. The van der Waals surface area contributed by atoms with Crippen LogP contribution in [0, 0.1) is 15.9 Å². The number of pyridine rings is 1. The van der Waals surface area contributed by atoms with Crippen molar-refractivity contribution in [3.05, 3.63) is 68.6 Å². The lowest BCUT2D eigenvalue weighted by molar-refractivity contribution is -0.384. The molecule has 0 atom stereocenters. The van der Waals surface area contributed by atoms with E-state index in [9.17, 15) is 19.3 Å². The number of H-pyrrole nitrogens is 2. The van der Waals surface area contributed by atoms with Crippen LogP contribution in [0.3, 0.4) is 0 Å². The number of hydrogen-bond donors (Lipinski definition) is 2. The number of aromatic amines is 2. The molecule has 0 unspecified atom stereocenters. The molecule has 0 spiro atoms. The van der Waals surface area contributed by atoms with Gasteiger partial charge in [-0.3, -0.25) is 15.1 Å². The van der Waals surface area contributed by atoms with Gasteiger partial charge in [0.25, 0.3) is 5.69 Å². The molecule has 1 fully saturated rings. The quantitative estimate of drug-likeness (QED) is 0.527. The van der Waals surface area contributed by atoms with Crippen LogP contribution < -0.4 is 10.6 Å². The SMILES string of the molecule is O=c1[nH]nc(C2CCN(c3ccc([N+](=O)[O-])c(-c4ccc(F)cc4)n3)CC2)[nH]1. The van der Waals surface area contributed by atoms with E-state index in [1.165, 1.54) is 30.3 Å². The summed E-state index contributed by atoms with van der Waals surface area (Å²) in [6.07, 6.45) is 1.54. The van der Waals surface area contributed by atoms with Crippen molar-refractivity contribution in [2.45, 2.75) is 18.8 Å². The number of nitrogens with zero attached hydrogens (tertiary/aromatic N) is 4. The summed E-state index contributed by atoms with van der Waals surface area (Å²) < 4.78 is 13.2. The largest absolute Gasteiger partial charge is 0.357 e. The van der Waals surface area contributed by atoms with Gasteiger partial charge in [-0.2, -0.15) is 5.10 Å². The molecule has 1 aliphatic heterocycles. The van der Waals surface area contributed by atoms with Crippen molar-refractivity contribution < 1.29 is 9.31 Å². The Labute approximate surface area is 158 Å². The van der Waals surface area contributed by atoms with Crippen molar-refractivity contribution in [3.8, 4) is 11.3 Å². The number of piperidine rings is 1. The Morgan fingerprint density at radius 2 is 1.86 bits per heavy atom. The normalized spacial score (nSPS) is 15.0. The first-order chi connectivity index (χ1) is 13.5. The minimum Gasteiger partial charge on any atom is -0.357 e. The number of anilines is 1. The number of aromatic nitrogens is 4. The van der Waals surface area contributed by atoms with Crippen molar-refractivity contribution in [1.82, 2.24) is 20.2 Å². The Morgan fingerprint density at radius 1 is 1.14 bits per heavy atom. The molecule has 0 aliphatic carbocycles. The first-order valence-electron chi connectivity index (χ1n) is 8.82. The summed E-state index contributed by atoms with van der Waals surface area (Å²) in [4.78, 5) is 31.4. The second-order valence-corrected chi connectivity index (χ2v) is 6.63. The van der Waals surface area contributed by atoms with E-state index < -0.39 is 10.7 Å². The van der Waals surface area contributed by atoms with E-state index in [0.717, 1.165) is 12.8 Å². The van der Waals surface area contributed by atoms with Crippen molar-refractivity contribution >= 4 is 11.5 Å². The van der Waals surface area contributed by atoms with Crippen LogP contribution >= 0.6 is 0 Å². The van der Waals surface area contributed by atoms with Gasteiger partial charge >= 0.3 is 5.69 Å². The molecule has 3 heterocycles. The minimum absolute atomic E-state index is 0.126. The van der Waals surface area contributed by atoms with Crippen molar-refractivity contribution in [2.75, 3.05) is 18.0 Å². The summed E-state index contributed by atoms with van der Waals surface area (Å²) in [6, 6.07) is 8.52. The van der Waals surface area contributed by atoms with Crippen LogP contribution in [0.1, 0.15) is 24.6 Å². The summed E-state index contributed by atoms with van der Waals surface area (Å²) >= 11 is 0. The molecule has 0 amide bonds. The van der Waals surface area contributed by atoms with Crippen molar-refractivity contribution in [1.29, 1.82) is 0 Å². The Morgan fingerprint density at radius 3 is 2.46 bits per heavy atom. The van der Waals surface area contributed by atoms with Crippen LogP contribution in [0.2, 0.25) is 0 Å². The third-order valence-electron chi connectivity index (χ3n) is 4.90. The van der Waals surface area contributed by atoms with Gasteiger partial charge in [0, 0.05) is 30.6 Å². The van der Waals surface area contributed by atoms with E-state index in [4.69, 9.17) is 0 Å². The monoisotopic (exact) mass is 384 g/mol. The Hall–Kier alpha value is -3.56. The molecular formula is C18H17FN6O3. The minimum atomic E-state index is -0.490. The molecule has 0 radical (unpaired) electrons. The van der Waals surface area contributed by atoms with Crippen molar-refractivity contribution in [2.24, 2.45) is 0 Å². The topological polar surface area (TPSA) is 121 Å². The molecule has 4 rings (SSSR count). The second kappa shape index (κ2) is 7.22. The van der Waals surface area contributed by atoms with Crippen molar-refractivity contribution in [3.63, 3.8) is 0 Å². The summed E-state index contributed by atoms with van der Waals surface area (Å²) in [5.41, 5.74) is 0.248. The lowest BCUT2D eigenvalue weighted by Crippen LogP contribution is -2.34. The summed E-state index contributed by atoms with van der Waals surface area (Å²) in [7, 11) is 0. The fraction of sp³-hybridized carbons (Fsp3) is 0.278. The fourth-order valence-electron chi connectivity index (χ4n) is 3.44. The first-order valence-corrected chi connectivity index (χ1v) is 8.82. The summed E-state index contributed by atoms with van der Waals surface area (Å²) in [5.74, 6) is 0.998. The first kappa shape index (κ1) is 17.8. The molecule has 0 saturated carbocycles. The number of halogens is 1. The van der Waals surface area contributed by atoms with Crippen LogP contribution in [0.5, 0.6) is 0 Å². The maximum absolute atomic E-state index is 13.2. The lowest BCUT2D eigenvalue weighted by atomic mass is 9.96. The van der Waals surface area contributed by atoms with Gasteiger partial charge in [-0.25, -0.2) is 19.3 Å². The Balaban J connectivity index is 1.58. The molecule has 1 saturated heterocycles. The third-order valence-corrected chi connectivity index (χ3v) is 4.90. The van der Waals surface area contributed by atoms with Crippen LogP contribution in [-0.4, -0.2) is 38.2 Å². The van der Waals surface area contributed by atoms with Crippen LogP contribution in [0.4, 0.5) is 15.9 Å². The zero-order valence-electron chi connectivity index (χ0n) is 14.8. The Kier molecular flexibility index (Phi) is 4.60. The molecule has 0 bridgehead atoms. The standard InChI is InChI=1S/C18H17FN6O3/c19-13-3-1-11(2-4-13)16-14(25(27)28)5-6-15(20-16)24-9-7-12(8-10-24)17-21-18(26)23-22-17/h1-6,12H,7-10H2,(H2,21,22,23,26). The Bertz CT molecular complexity index is 1050. The maximum atomic E-state index is 13.2. The zero-order chi connectivity index (χ0) is 19.7. The van der Waals surface area contributed by atoms with E-state index in [0.29, 0.717) is 30.3 Å². The molecular weight excluding hydrogens is 367 g/mol. The predicted molar refractivity (Wildman–Crippen MR) is 99.7 cm³/mol. The van der Waals surface area contributed by atoms with Gasteiger partial charge in [0.1, 0.15) is 17.5 Å². The fourth-order valence-corrected chi connectivity index (χ4v) is 3.44.